The summed E-state index contributed by atoms with van der Waals surface area (Å²) >= 11 is 0. The predicted octanol–water partition coefficient (Wildman–Crippen LogP) is 3.63. The van der Waals surface area contributed by atoms with Gasteiger partial charge < -0.3 is 20.6 Å². The van der Waals surface area contributed by atoms with Crippen molar-refractivity contribution in [1.82, 2.24) is 29.7 Å². The van der Waals surface area contributed by atoms with Crippen LogP contribution in [0.25, 0.3) is 16.7 Å². The Morgan fingerprint density at radius 2 is 1.80 bits per heavy atom. The molecule has 0 saturated carbocycles. The molecule has 0 aliphatic carbocycles. The van der Waals surface area contributed by atoms with E-state index in [1.165, 1.54) is 6.07 Å². The third kappa shape index (κ3) is 4.42. The Bertz CT molecular complexity index is 1640. The van der Waals surface area contributed by atoms with E-state index in [9.17, 15) is 20.0 Å². The van der Waals surface area contributed by atoms with Crippen molar-refractivity contribution in [3.8, 4) is 11.8 Å². The molecule has 11 heteroatoms. The number of fused-ring (bicyclic) bond motifs is 3. The van der Waals surface area contributed by atoms with E-state index >= 15 is 0 Å². The maximum absolute atomic E-state index is 13.1. The predicted molar refractivity (Wildman–Crippen MR) is 148 cm³/mol. The summed E-state index contributed by atoms with van der Waals surface area (Å²) in [6.07, 6.45) is 5.15. The van der Waals surface area contributed by atoms with E-state index in [1.807, 2.05) is 30.9 Å². The minimum atomic E-state index is -1.10. The minimum Gasteiger partial charge on any atom is -0.477 e. The average molecular weight is 537 g/mol. The molecule has 6 rings (SSSR count). The molecule has 11 nitrogen and oxygen atoms in total. The fourth-order valence-corrected chi connectivity index (χ4v) is 5.53. The highest BCUT2D eigenvalue weighted by Gasteiger charge is 2.39. The van der Waals surface area contributed by atoms with Gasteiger partial charge in [0.15, 0.2) is 5.65 Å². The third-order valence-electron chi connectivity index (χ3n) is 7.75. The molecule has 3 aromatic heterocycles. The van der Waals surface area contributed by atoms with E-state index in [4.69, 9.17) is 0 Å². The maximum atomic E-state index is 13.1. The number of aromatic carboxylic acids is 1. The maximum Gasteiger partial charge on any atom is 0.352 e. The number of nitrogens with zero attached hydrogens (tertiary/aromatic N) is 6. The van der Waals surface area contributed by atoms with Crippen LogP contribution in [0, 0.1) is 11.3 Å². The van der Waals surface area contributed by atoms with Crippen LogP contribution in [0.1, 0.15) is 53.1 Å². The highest BCUT2D eigenvalue weighted by molar-refractivity contribution is 5.95. The molecule has 2 saturated heterocycles. The van der Waals surface area contributed by atoms with Gasteiger partial charge in [-0.25, -0.2) is 14.8 Å². The quantitative estimate of drug-likeness (QED) is 0.336. The monoisotopic (exact) mass is 536 g/mol. The number of nitrogens with one attached hydrogen (secondary N) is 2. The Balaban J connectivity index is 1.28. The Labute approximate surface area is 230 Å². The standard InChI is InChI=1S/C29H28N8O3/c1-29(2,16-30)19-4-6-20(7-5-19)37-23(27(39)40)11-18-13-33-28(35-25(18)37)34-24-10-3-17(12-32-24)26(38)36-21-8-9-22(36)15-31-14-21/h3-7,10-13,21-22,31H,8-9,14-15H2,1-2H3,(H,39,40)(H,32,33,34,35). The zero-order valence-electron chi connectivity index (χ0n) is 22.1. The zero-order valence-corrected chi connectivity index (χ0v) is 22.1. The lowest BCUT2D eigenvalue weighted by Crippen LogP contribution is -2.54. The summed E-state index contributed by atoms with van der Waals surface area (Å²) in [5.74, 6) is -0.417. The lowest BCUT2D eigenvalue weighted by Gasteiger charge is -2.35. The number of carbonyl (C=O) groups excluding carboxylic acids is 1. The fraction of sp³-hybridized carbons (Fsp3) is 0.310. The topological polar surface area (TPSA) is 149 Å². The van der Waals surface area contributed by atoms with Crippen molar-refractivity contribution < 1.29 is 14.7 Å². The largest absolute Gasteiger partial charge is 0.477 e. The van der Waals surface area contributed by atoms with Crippen LogP contribution < -0.4 is 10.6 Å². The second kappa shape index (κ2) is 9.73. The number of carbonyl (C=O) groups is 2. The van der Waals surface area contributed by atoms with Gasteiger partial charge in [-0.2, -0.15) is 10.2 Å². The van der Waals surface area contributed by atoms with E-state index in [-0.39, 0.29) is 29.6 Å². The second-order valence-corrected chi connectivity index (χ2v) is 10.7. The van der Waals surface area contributed by atoms with Crippen molar-refractivity contribution >= 4 is 34.7 Å². The summed E-state index contributed by atoms with van der Waals surface area (Å²) in [5, 5.41) is 26.3. The van der Waals surface area contributed by atoms with E-state index in [2.05, 4.69) is 31.7 Å². The van der Waals surface area contributed by atoms with Gasteiger partial charge in [0.1, 0.15) is 11.5 Å². The number of carboxylic acid groups (broad SMARTS) is 1. The first kappa shape index (κ1) is 25.5. The van der Waals surface area contributed by atoms with E-state index < -0.39 is 11.4 Å². The second-order valence-electron chi connectivity index (χ2n) is 10.7. The number of anilines is 2. The van der Waals surface area contributed by atoms with Crippen LogP contribution in [0.5, 0.6) is 0 Å². The molecule has 2 unspecified atom stereocenters. The van der Waals surface area contributed by atoms with Crippen LogP contribution in [0.15, 0.2) is 54.9 Å². The highest BCUT2D eigenvalue weighted by Crippen LogP contribution is 2.29. The molecule has 3 N–H and O–H groups in total. The first-order valence-corrected chi connectivity index (χ1v) is 13.2. The summed E-state index contributed by atoms with van der Waals surface area (Å²) in [7, 11) is 0. The van der Waals surface area contributed by atoms with E-state index in [0.717, 1.165) is 31.5 Å². The van der Waals surface area contributed by atoms with Gasteiger partial charge in [0, 0.05) is 48.6 Å². The number of benzene rings is 1. The Morgan fingerprint density at radius 3 is 2.42 bits per heavy atom. The Morgan fingerprint density at radius 1 is 1.07 bits per heavy atom. The summed E-state index contributed by atoms with van der Waals surface area (Å²) in [4.78, 5) is 40.6. The van der Waals surface area contributed by atoms with Crippen LogP contribution >= 0.6 is 0 Å². The van der Waals surface area contributed by atoms with Crippen molar-refractivity contribution in [2.75, 3.05) is 18.4 Å². The number of nitriles is 1. The molecular weight excluding hydrogens is 508 g/mol. The Kier molecular flexibility index (Phi) is 6.19. The first-order valence-electron chi connectivity index (χ1n) is 13.2. The smallest absolute Gasteiger partial charge is 0.352 e. The van der Waals surface area contributed by atoms with Crippen molar-refractivity contribution in [3.05, 3.63) is 71.7 Å². The molecule has 0 spiro atoms. The average Bonchev–Trinajstić information content (AvgIpc) is 3.46. The molecule has 2 aliphatic heterocycles. The van der Waals surface area contributed by atoms with Gasteiger partial charge in [0.25, 0.3) is 5.91 Å². The number of rotatable bonds is 6. The molecule has 202 valence electrons. The number of amides is 1. The minimum absolute atomic E-state index is 0.00563. The zero-order chi connectivity index (χ0) is 28.0. The summed E-state index contributed by atoms with van der Waals surface area (Å²) in [6, 6.07) is 14.9. The van der Waals surface area contributed by atoms with Crippen LogP contribution in [-0.4, -0.2) is 66.6 Å². The number of hydrogen-bond donors (Lipinski definition) is 3. The summed E-state index contributed by atoms with van der Waals surface area (Å²) < 4.78 is 1.55. The summed E-state index contributed by atoms with van der Waals surface area (Å²) in [6.45, 7) is 5.30. The molecule has 40 heavy (non-hydrogen) atoms. The SMILES string of the molecule is CC(C)(C#N)c1ccc(-n2c(C(=O)O)cc3cnc(Nc4ccc(C(=O)N5C6CCC5CNC6)cn4)nc32)cc1. The van der Waals surface area contributed by atoms with E-state index in [0.29, 0.717) is 28.1 Å². The van der Waals surface area contributed by atoms with Gasteiger partial charge >= 0.3 is 5.97 Å². The third-order valence-corrected chi connectivity index (χ3v) is 7.75. The molecule has 1 amide bonds. The number of aromatic nitrogens is 4. The van der Waals surface area contributed by atoms with Crippen molar-refractivity contribution in [2.24, 2.45) is 0 Å². The molecule has 5 heterocycles. The van der Waals surface area contributed by atoms with Crippen LogP contribution in [0.2, 0.25) is 0 Å². The summed E-state index contributed by atoms with van der Waals surface area (Å²) in [5.41, 5.74) is 1.71. The van der Waals surface area contributed by atoms with Gasteiger partial charge in [0.05, 0.1) is 17.0 Å². The molecule has 2 aliphatic rings. The van der Waals surface area contributed by atoms with Gasteiger partial charge in [-0.3, -0.25) is 9.36 Å². The number of carboxylic acids is 1. The van der Waals surface area contributed by atoms with Gasteiger partial charge in [-0.05, 0) is 62.6 Å². The van der Waals surface area contributed by atoms with Crippen LogP contribution in [0.3, 0.4) is 0 Å². The molecule has 4 aromatic rings. The van der Waals surface area contributed by atoms with Gasteiger partial charge in [-0.1, -0.05) is 12.1 Å². The molecule has 0 radical (unpaired) electrons. The number of pyridine rings is 1. The fourth-order valence-electron chi connectivity index (χ4n) is 5.53. The van der Waals surface area contributed by atoms with Gasteiger partial charge in [-0.15, -0.1) is 0 Å². The molecule has 2 fully saturated rings. The van der Waals surface area contributed by atoms with Gasteiger partial charge in [0.2, 0.25) is 5.95 Å². The van der Waals surface area contributed by atoms with Crippen LogP contribution in [-0.2, 0) is 5.41 Å². The van der Waals surface area contributed by atoms with E-state index in [1.54, 1.807) is 41.2 Å². The van der Waals surface area contributed by atoms with Crippen LogP contribution in [0.4, 0.5) is 11.8 Å². The molecule has 1 aromatic carbocycles. The number of piperazine rings is 1. The lowest BCUT2D eigenvalue weighted by molar-refractivity contribution is 0.0618. The normalized spacial score (nSPS) is 18.5. The number of hydrogen-bond acceptors (Lipinski definition) is 8. The lowest BCUT2D eigenvalue weighted by atomic mass is 9.86. The van der Waals surface area contributed by atoms with Crippen molar-refractivity contribution in [2.45, 2.75) is 44.2 Å². The highest BCUT2D eigenvalue weighted by atomic mass is 16.4. The first-order chi connectivity index (χ1) is 19.2. The molecule has 2 bridgehead atoms. The van der Waals surface area contributed by atoms with Crippen molar-refractivity contribution in [3.63, 3.8) is 0 Å². The van der Waals surface area contributed by atoms with Crippen molar-refractivity contribution in [1.29, 1.82) is 5.26 Å². The Hall–Kier alpha value is -4.82. The molecule has 2 atom stereocenters. The molecular formula is C29H28N8O3.